The first kappa shape index (κ1) is 22.4. The Bertz CT molecular complexity index is 1160. The molecule has 0 aliphatic rings. The molecule has 0 fully saturated rings. The van der Waals surface area contributed by atoms with Crippen molar-refractivity contribution in [2.75, 3.05) is 12.9 Å². The van der Waals surface area contributed by atoms with Crippen molar-refractivity contribution in [1.82, 2.24) is 9.97 Å². The molecule has 3 rings (SSSR count). The number of aromatic nitrogens is 2. The number of benzene rings is 2. The summed E-state index contributed by atoms with van der Waals surface area (Å²) in [6.45, 7) is 2.35. The van der Waals surface area contributed by atoms with Crippen molar-refractivity contribution in [2.24, 2.45) is 0 Å². The van der Waals surface area contributed by atoms with Crippen LogP contribution in [0.2, 0.25) is 0 Å². The summed E-state index contributed by atoms with van der Waals surface area (Å²) in [4.78, 5) is 20.6. The van der Waals surface area contributed by atoms with Crippen LogP contribution in [0.25, 0.3) is 11.4 Å². The fourth-order valence-corrected chi connectivity index (χ4v) is 3.62. The number of para-hydroxylation sites is 1. The van der Waals surface area contributed by atoms with Gasteiger partial charge in [-0.3, -0.25) is 4.79 Å². The van der Waals surface area contributed by atoms with Gasteiger partial charge in [-0.1, -0.05) is 30.3 Å². The molecular formula is C23H24N2O5S. The van der Waals surface area contributed by atoms with E-state index >= 15 is 0 Å². The van der Waals surface area contributed by atoms with Crippen LogP contribution >= 0.6 is 0 Å². The minimum Gasteiger partial charge on any atom is -0.487 e. The molecule has 1 aromatic heterocycles. The van der Waals surface area contributed by atoms with Crippen molar-refractivity contribution in [3.05, 3.63) is 72.1 Å². The lowest BCUT2D eigenvalue weighted by atomic mass is 10.1. The van der Waals surface area contributed by atoms with Gasteiger partial charge in [-0.25, -0.2) is 18.4 Å². The highest BCUT2D eigenvalue weighted by Gasteiger charge is 2.11. The van der Waals surface area contributed by atoms with Gasteiger partial charge in [-0.2, -0.15) is 0 Å². The Kier molecular flexibility index (Phi) is 7.36. The maximum atomic E-state index is 11.8. The van der Waals surface area contributed by atoms with Gasteiger partial charge in [-0.05, 0) is 43.2 Å². The van der Waals surface area contributed by atoms with Crippen LogP contribution < -0.4 is 4.74 Å². The van der Waals surface area contributed by atoms with Crippen molar-refractivity contribution in [3.63, 3.8) is 0 Å². The molecule has 0 unspecified atom stereocenters. The fraction of sp³-hybridized carbons (Fsp3) is 0.261. The van der Waals surface area contributed by atoms with E-state index in [0.29, 0.717) is 35.9 Å². The molecule has 0 saturated carbocycles. The van der Waals surface area contributed by atoms with E-state index in [9.17, 15) is 13.2 Å². The number of carbonyl (C=O) groups excluding carboxylic acids is 1. The number of nitrogens with zero attached hydrogens (tertiary/aromatic N) is 2. The number of carbonyl (C=O) groups is 1. The van der Waals surface area contributed by atoms with E-state index in [2.05, 4.69) is 9.97 Å². The quantitative estimate of drug-likeness (QED) is 0.469. The highest BCUT2D eigenvalue weighted by molar-refractivity contribution is 7.90. The van der Waals surface area contributed by atoms with Gasteiger partial charge in [0.25, 0.3) is 0 Å². The SMILES string of the molecule is CCOC(=O)CCc1ccccc1OCc1ccnc(-c2cccc(S(C)(=O)=O)c2)n1. The second-order valence-corrected chi connectivity index (χ2v) is 8.89. The van der Waals surface area contributed by atoms with Crippen molar-refractivity contribution in [3.8, 4) is 17.1 Å². The Morgan fingerprint density at radius 1 is 1.06 bits per heavy atom. The minimum absolute atomic E-state index is 0.206. The summed E-state index contributed by atoms with van der Waals surface area (Å²) in [5.41, 5.74) is 2.17. The molecule has 8 heteroatoms. The molecule has 0 aliphatic carbocycles. The molecule has 0 spiro atoms. The summed E-state index contributed by atoms with van der Waals surface area (Å²) in [7, 11) is -3.32. The average Bonchev–Trinajstić information content (AvgIpc) is 2.77. The van der Waals surface area contributed by atoms with Crippen LogP contribution in [0.3, 0.4) is 0 Å². The lowest BCUT2D eigenvalue weighted by molar-refractivity contribution is -0.143. The van der Waals surface area contributed by atoms with Crippen LogP contribution in [0, 0.1) is 0 Å². The maximum absolute atomic E-state index is 11.8. The maximum Gasteiger partial charge on any atom is 0.306 e. The first-order valence-corrected chi connectivity index (χ1v) is 11.7. The zero-order valence-corrected chi connectivity index (χ0v) is 18.3. The number of hydrogen-bond acceptors (Lipinski definition) is 7. The first-order chi connectivity index (χ1) is 14.9. The second kappa shape index (κ2) is 10.2. The number of ether oxygens (including phenoxy) is 2. The molecule has 0 atom stereocenters. The third-order valence-corrected chi connectivity index (χ3v) is 5.60. The van der Waals surface area contributed by atoms with E-state index < -0.39 is 9.84 Å². The molecule has 1 heterocycles. The molecule has 0 amide bonds. The monoisotopic (exact) mass is 440 g/mol. The van der Waals surface area contributed by atoms with Crippen molar-refractivity contribution >= 4 is 15.8 Å². The summed E-state index contributed by atoms with van der Waals surface area (Å²) in [5.74, 6) is 0.849. The van der Waals surface area contributed by atoms with Crippen LogP contribution in [-0.2, 0) is 32.4 Å². The Labute approximate surface area is 182 Å². The van der Waals surface area contributed by atoms with E-state index in [1.807, 2.05) is 24.3 Å². The normalized spacial score (nSPS) is 11.2. The predicted molar refractivity (Wildman–Crippen MR) is 116 cm³/mol. The number of esters is 1. The van der Waals surface area contributed by atoms with Crippen molar-refractivity contribution in [2.45, 2.75) is 31.3 Å². The largest absolute Gasteiger partial charge is 0.487 e. The minimum atomic E-state index is -3.32. The topological polar surface area (TPSA) is 95.5 Å². The van der Waals surface area contributed by atoms with Gasteiger partial charge in [0.05, 0.1) is 17.2 Å². The lowest BCUT2D eigenvalue weighted by Gasteiger charge is -2.11. The molecular weight excluding hydrogens is 416 g/mol. The number of rotatable bonds is 9. The Hall–Kier alpha value is -3.26. The van der Waals surface area contributed by atoms with Gasteiger partial charge < -0.3 is 9.47 Å². The Morgan fingerprint density at radius 2 is 1.87 bits per heavy atom. The molecule has 0 bridgehead atoms. The predicted octanol–water partition coefficient (Wildman–Crippen LogP) is 3.62. The molecule has 31 heavy (non-hydrogen) atoms. The van der Waals surface area contributed by atoms with Crippen LogP contribution in [0.15, 0.2) is 65.7 Å². The summed E-state index contributed by atoms with van der Waals surface area (Å²) in [5, 5.41) is 0. The number of sulfone groups is 1. The van der Waals surface area contributed by atoms with E-state index in [1.165, 1.54) is 0 Å². The first-order valence-electron chi connectivity index (χ1n) is 9.85. The van der Waals surface area contributed by atoms with E-state index in [4.69, 9.17) is 9.47 Å². The fourth-order valence-electron chi connectivity index (χ4n) is 2.95. The molecule has 0 aliphatic heterocycles. The summed E-state index contributed by atoms with van der Waals surface area (Å²) >= 11 is 0. The summed E-state index contributed by atoms with van der Waals surface area (Å²) < 4.78 is 34.6. The van der Waals surface area contributed by atoms with Crippen molar-refractivity contribution in [1.29, 1.82) is 0 Å². The van der Waals surface area contributed by atoms with Gasteiger partial charge in [0.2, 0.25) is 0 Å². The molecule has 2 aromatic carbocycles. The molecule has 7 nitrogen and oxygen atoms in total. The summed E-state index contributed by atoms with van der Waals surface area (Å²) in [6.07, 6.45) is 3.57. The van der Waals surface area contributed by atoms with Crippen molar-refractivity contribution < 1.29 is 22.7 Å². The van der Waals surface area contributed by atoms with Gasteiger partial charge in [0.1, 0.15) is 12.4 Å². The Balaban J connectivity index is 1.73. The molecule has 162 valence electrons. The van der Waals surface area contributed by atoms with Crippen LogP contribution in [0.4, 0.5) is 0 Å². The number of aryl methyl sites for hydroxylation is 1. The zero-order chi connectivity index (χ0) is 22.3. The lowest BCUT2D eigenvalue weighted by Crippen LogP contribution is -2.07. The average molecular weight is 441 g/mol. The highest BCUT2D eigenvalue weighted by atomic mass is 32.2. The Morgan fingerprint density at radius 3 is 2.65 bits per heavy atom. The third-order valence-electron chi connectivity index (χ3n) is 4.49. The van der Waals surface area contributed by atoms with Gasteiger partial charge in [0.15, 0.2) is 15.7 Å². The third kappa shape index (κ3) is 6.36. The van der Waals surface area contributed by atoms with Crippen LogP contribution in [-0.4, -0.2) is 37.2 Å². The van der Waals surface area contributed by atoms with Gasteiger partial charge in [0, 0.05) is 24.4 Å². The molecule has 0 radical (unpaired) electrons. The molecule has 0 saturated heterocycles. The van der Waals surface area contributed by atoms with E-state index in [1.54, 1.807) is 43.5 Å². The smallest absolute Gasteiger partial charge is 0.306 e. The standard InChI is InChI=1S/C23H24N2O5S/c1-3-29-22(26)12-11-17-7-4-5-10-21(17)30-16-19-13-14-24-23(25-19)18-8-6-9-20(15-18)31(2,27)28/h4-10,13-15H,3,11-12,16H2,1-2H3. The zero-order valence-electron chi connectivity index (χ0n) is 17.4. The molecule has 0 N–H and O–H groups in total. The highest BCUT2D eigenvalue weighted by Crippen LogP contribution is 2.22. The number of hydrogen-bond donors (Lipinski definition) is 0. The van der Waals surface area contributed by atoms with Crippen LogP contribution in [0.5, 0.6) is 5.75 Å². The van der Waals surface area contributed by atoms with Gasteiger partial charge >= 0.3 is 5.97 Å². The van der Waals surface area contributed by atoms with Crippen LogP contribution in [0.1, 0.15) is 24.6 Å². The van der Waals surface area contributed by atoms with Gasteiger partial charge in [-0.15, -0.1) is 0 Å². The summed E-state index contributed by atoms with van der Waals surface area (Å²) in [6, 6.07) is 15.8. The molecule has 3 aromatic rings. The van der Waals surface area contributed by atoms with E-state index in [-0.39, 0.29) is 23.9 Å². The second-order valence-electron chi connectivity index (χ2n) is 6.87. The van der Waals surface area contributed by atoms with E-state index in [0.717, 1.165) is 11.8 Å².